The fourth-order valence-corrected chi connectivity index (χ4v) is 6.93. The topological polar surface area (TPSA) is 88.9 Å². The van der Waals surface area contributed by atoms with Gasteiger partial charge in [-0.15, -0.1) is 0 Å². The van der Waals surface area contributed by atoms with Crippen LogP contribution in [0.1, 0.15) is 66.6 Å². The van der Waals surface area contributed by atoms with E-state index in [0.29, 0.717) is 48.8 Å². The van der Waals surface area contributed by atoms with Crippen molar-refractivity contribution in [3.05, 3.63) is 53.4 Å². The predicted molar refractivity (Wildman–Crippen MR) is 163 cm³/mol. The molecular formula is C32H37F6N7O3. The van der Waals surface area contributed by atoms with Crippen LogP contribution in [0.25, 0.3) is 0 Å². The van der Waals surface area contributed by atoms with Crippen molar-refractivity contribution in [1.82, 2.24) is 24.4 Å². The fraction of sp³-hybridized carbons (Fsp3) is 0.562. The molecule has 1 unspecified atom stereocenters. The molecule has 0 N–H and O–H groups in total. The SMILES string of the molecule is COc1ccc(CN2C(=O)CC(C(F)(F)F)c3c(N4CCC(c5nc(C(F)(F)F)cn5CCN5CCCC5)CC4)ncnc32)c(OC)c1. The summed E-state index contributed by atoms with van der Waals surface area (Å²) in [6.45, 7) is 3.18. The summed E-state index contributed by atoms with van der Waals surface area (Å²) in [6.07, 6.45) is -5.11. The van der Waals surface area contributed by atoms with Crippen molar-refractivity contribution in [2.24, 2.45) is 0 Å². The number of likely N-dealkylation sites (tertiary alicyclic amines) is 1. The summed E-state index contributed by atoms with van der Waals surface area (Å²) < 4.78 is 96.9. The standard InChI is InChI=1S/C32H37F6N7O3/c1-47-22-6-5-21(24(15-22)48-2)17-45-26(46)16-23(31(33,34)35)27-29(39-19-40-30(27)45)43-11-7-20(8-12-43)28-41-25(32(36,37)38)18-44(28)14-13-42-9-3-4-10-42/h5-6,15,18-20,23H,3-4,7-14,16-17H2,1-2H3. The molecule has 2 saturated heterocycles. The number of fused-ring (bicyclic) bond motifs is 1. The Balaban J connectivity index is 1.27. The summed E-state index contributed by atoms with van der Waals surface area (Å²) in [6, 6.07) is 4.96. The first-order chi connectivity index (χ1) is 22.9. The molecule has 3 aliphatic rings. The number of benzene rings is 1. The summed E-state index contributed by atoms with van der Waals surface area (Å²) in [4.78, 5) is 30.9. The van der Waals surface area contributed by atoms with Gasteiger partial charge in [0.05, 0.1) is 32.2 Å². The highest BCUT2D eigenvalue weighted by Crippen LogP contribution is 2.49. The van der Waals surface area contributed by atoms with E-state index in [-0.39, 0.29) is 42.8 Å². The van der Waals surface area contributed by atoms with Crippen LogP contribution in [0.2, 0.25) is 0 Å². The lowest BCUT2D eigenvalue weighted by Crippen LogP contribution is -2.43. The molecule has 1 aromatic carbocycles. The fourth-order valence-electron chi connectivity index (χ4n) is 6.93. The molecule has 10 nitrogen and oxygen atoms in total. The Hall–Kier alpha value is -4.08. The number of aromatic nitrogens is 4. The first-order valence-electron chi connectivity index (χ1n) is 15.9. The summed E-state index contributed by atoms with van der Waals surface area (Å²) in [7, 11) is 2.93. The zero-order chi connectivity index (χ0) is 34.2. The smallest absolute Gasteiger partial charge is 0.434 e. The third-order valence-corrected chi connectivity index (χ3v) is 9.46. The van der Waals surface area contributed by atoms with Gasteiger partial charge in [0.1, 0.15) is 35.3 Å². The summed E-state index contributed by atoms with van der Waals surface area (Å²) in [5.74, 6) is -2.02. The van der Waals surface area contributed by atoms with Crippen molar-refractivity contribution >= 4 is 17.5 Å². The van der Waals surface area contributed by atoms with Gasteiger partial charge in [-0.3, -0.25) is 9.69 Å². The number of halogens is 6. The van der Waals surface area contributed by atoms with E-state index in [1.54, 1.807) is 27.7 Å². The third kappa shape index (κ3) is 6.89. The van der Waals surface area contributed by atoms with E-state index in [1.807, 2.05) is 0 Å². The van der Waals surface area contributed by atoms with Crippen molar-refractivity contribution in [1.29, 1.82) is 0 Å². The van der Waals surface area contributed by atoms with Crippen LogP contribution in [-0.4, -0.2) is 83.4 Å². The second-order valence-electron chi connectivity index (χ2n) is 12.4. The molecule has 48 heavy (non-hydrogen) atoms. The lowest BCUT2D eigenvalue weighted by molar-refractivity contribution is -0.157. The molecule has 0 radical (unpaired) electrons. The number of nitrogens with zero attached hydrogens (tertiary/aromatic N) is 7. The number of rotatable bonds is 9. The summed E-state index contributed by atoms with van der Waals surface area (Å²) in [5, 5.41) is 0. The Morgan fingerprint density at radius 1 is 0.917 bits per heavy atom. The Kier molecular flexibility index (Phi) is 9.46. The second-order valence-corrected chi connectivity index (χ2v) is 12.4. The predicted octanol–water partition coefficient (Wildman–Crippen LogP) is 5.77. The molecule has 0 bridgehead atoms. The van der Waals surface area contributed by atoms with E-state index < -0.39 is 36.3 Å². The van der Waals surface area contributed by atoms with Crippen molar-refractivity contribution in [3.63, 3.8) is 0 Å². The number of hydrogen-bond donors (Lipinski definition) is 0. The second kappa shape index (κ2) is 13.4. The molecule has 6 rings (SSSR count). The number of piperidine rings is 1. The van der Waals surface area contributed by atoms with Crippen LogP contribution >= 0.6 is 0 Å². The van der Waals surface area contributed by atoms with Crippen LogP contribution in [0.4, 0.5) is 38.0 Å². The number of hydrogen-bond acceptors (Lipinski definition) is 8. The van der Waals surface area contributed by atoms with E-state index in [1.165, 1.54) is 19.1 Å². The molecule has 1 atom stereocenters. The van der Waals surface area contributed by atoms with E-state index in [9.17, 15) is 31.1 Å². The largest absolute Gasteiger partial charge is 0.497 e. The average Bonchev–Trinajstić information content (AvgIpc) is 3.75. The number of alkyl halides is 6. The molecule has 0 saturated carbocycles. The molecule has 3 aliphatic heterocycles. The van der Waals surface area contributed by atoms with Gasteiger partial charge in [0.15, 0.2) is 5.69 Å². The highest BCUT2D eigenvalue weighted by Gasteiger charge is 2.50. The minimum absolute atomic E-state index is 0.0633. The van der Waals surface area contributed by atoms with E-state index in [4.69, 9.17) is 9.47 Å². The van der Waals surface area contributed by atoms with Crippen LogP contribution in [0.3, 0.4) is 0 Å². The Labute approximate surface area is 273 Å². The molecule has 260 valence electrons. The van der Waals surface area contributed by atoms with Crippen LogP contribution in [0.5, 0.6) is 11.5 Å². The maximum Gasteiger partial charge on any atom is 0.434 e. The normalized spacial score (nSPS) is 19.6. The minimum atomic E-state index is -4.75. The number of amides is 1. The molecule has 2 fully saturated rings. The van der Waals surface area contributed by atoms with Gasteiger partial charge < -0.3 is 23.8 Å². The van der Waals surface area contributed by atoms with Gasteiger partial charge in [0.2, 0.25) is 5.91 Å². The van der Waals surface area contributed by atoms with Gasteiger partial charge in [-0.2, -0.15) is 26.3 Å². The zero-order valence-corrected chi connectivity index (χ0v) is 26.6. The molecule has 2 aromatic heterocycles. The van der Waals surface area contributed by atoms with Crippen LogP contribution in [0.15, 0.2) is 30.7 Å². The molecule has 16 heteroatoms. The maximum absolute atomic E-state index is 14.5. The highest BCUT2D eigenvalue weighted by atomic mass is 19.4. The van der Waals surface area contributed by atoms with Crippen LogP contribution in [0, 0.1) is 0 Å². The van der Waals surface area contributed by atoms with Gasteiger partial charge in [-0.25, -0.2) is 15.0 Å². The first kappa shape index (κ1) is 33.8. The Morgan fingerprint density at radius 2 is 1.62 bits per heavy atom. The van der Waals surface area contributed by atoms with E-state index in [2.05, 4.69) is 19.9 Å². The number of anilines is 2. The lowest BCUT2D eigenvalue weighted by atomic mass is 9.89. The number of ether oxygens (including phenoxy) is 2. The van der Waals surface area contributed by atoms with E-state index >= 15 is 0 Å². The van der Waals surface area contributed by atoms with Crippen LogP contribution in [-0.2, 0) is 24.1 Å². The molecule has 5 heterocycles. The van der Waals surface area contributed by atoms with Gasteiger partial charge >= 0.3 is 12.4 Å². The van der Waals surface area contributed by atoms with Gasteiger partial charge in [0.25, 0.3) is 0 Å². The van der Waals surface area contributed by atoms with Gasteiger partial charge in [-0.05, 0) is 50.9 Å². The van der Waals surface area contributed by atoms with Crippen molar-refractivity contribution in [2.45, 2.75) is 69.4 Å². The molecule has 3 aromatic rings. The van der Waals surface area contributed by atoms with Gasteiger partial charge in [-0.1, -0.05) is 0 Å². The number of imidazole rings is 1. The molecular weight excluding hydrogens is 644 g/mol. The first-order valence-corrected chi connectivity index (χ1v) is 15.9. The highest BCUT2D eigenvalue weighted by molar-refractivity contribution is 5.97. The van der Waals surface area contributed by atoms with Crippen LogP contribution < -0.4 is 19.3 Å². The Bertz CT molecular complexity index is 1610. The zero-order valence-electron chi connectivity index (χ0n) is 26.6. The van der Waals surface area contributed by atoms with Crippen molar-refractivity contribution < 1.29 is 40.6 Å². The number of methoxy groups -OCH3 is 2. The number of carbonyl (C=O) groups excluding carboxylic acids is 1. The van der Waals surface area contributed by atoms with E-state index in [0.717, 1.165) is 38.5 Å². The summed E-state index contributed by atoms with van der Waals surface area (Å²) >= 11 is 0. The minimum Gasteiger partial charge on any atom is -0.497 e. The number of carbonyl (C=O) groups is 1. The lowest BCUT2D eigenvalue weighted by Gasteiger charge is -2.39. The molecule has 1 amide bonds. The average molecular weight is 682 g/mol. The summed E-state index contributed by atoms with van der Waals surface area (Å²) in [5.41, 5.74) is -0.595. The van der Waals surface area contributed by atoms with Gasteiger partial charge in [0, 0.05) is 56.3 Å². The quantitative estimate of drug-likeness (QED) is 0.263. The molecule has 0 spiro atoms. The monoisotopic (exact) mass is 681 g/mol. The van der Waals surface area contributed by atoms with Crippen molar-refractivity contribution in [2.75, 3.05) is 56.7 Å². The maximum atomic E-state index is 14.5. The van der Waals surface area contributed by atoms with Crippen molar-refractivity contribution in [3.8, 4) is 11.5 Å². The third-order valence-electron chi connectivity index (χ3n) is 9.46. The Morgan fingerprint density at radius 3 is 2.27 bits per heavy atom. The molecule has 0 aliphatic carbocycles.